The number of nitrogens with zero attached hydrogens (tertiary/aromatic N) is 3. The molecule has 1 aliphatic rings. The van der Waals surface area contributed by atoms with Crippen molar-refractivity contribution in [1.29, 1.82) is 0 Å². The van der Waals surface area contributed by atoms with E-state index in [0.717, 1.165) is 17.9 Å². The molecular weight excluding hydrogens is 258 g/mol. The van der Waals surface area contributed by atoms with Crippen LogP contribution in [-0.4, -0.2) is 43.1 Å². The van der Waals surface area contributed by atoms with Crippen LogP contribution >= 0.6 is 11.6 Å². The molecule has 0 N–H and O–H groups in total. The lowest BCUT2D eigenvalue weighted by atomic mass is 9.75. The minimum absolute atomic E-state index is 0.327. The number of rotatable bonds is 5. The van der Waals surface area contributed by atoms with Crippen LogP contribution in [0.4, 0.5) is 5.82 Å². The van der Waals surface area contributed by atoms with Gasteiger partial charge in [0.2, 0.25) is 0 Å². The molecule has 0 amide bonds. The zero-order chi connectivity index (χ0) is 14.0. The standard InChI is InChI=1S/C15H24ClN3/c1-12-8-13(9-16)10-17-14(12)19(4)11-15(18(2)3)6-5-7-15/h8,10H,5-7,9,11H2,1-4H3. The second-order valence-corrected chi connectivity index (χ2v) is 6.21. The largest absolute Gasteiger partial charge is 0.358 e. The van der Waals surface area contributed by atoms with Crippen molar-refractivity contribution in [2.24, 2.45) is 0 Å². The maximum Gasteiger partial charge on any atom is 0.131 e. The van der Waals surface area contributed by atoms with Gasteiger partial charge in [-0.05, 0) is 57.5 Å². The third kappa shape index (κ3) is 2.87. The fraction of sp³-hybridized carbons (Fsp3) is 0.667. The molecule has 4 heteroatoms. The molecule has 0 bridgehead atoms. The first kappa shape index (κ1) is 14.6. The van der Waals surface area contributed by atoms with Crippen LogP contribution in [0.15, 0.2) is 12.3 Å². The van der Waals surface area contributed by atoms with Gasteiger partial charge in [0.25, 0.3) is 0 Å². The van der Waals surface area contributed by atoms with E-state index in [1.807, 2.05) is 6.20 Å². The van der Waals surface area contributed by atoms with Crippen LogP contribution in [0.25, 0.3) is 0 Å². The molecule has 1 aromatic heterocycles. The maximum atomic E-state index is 5.85. The first-order valence-electron chi connectivity index (χ1n) is 6.88. The van der Waals surface area contributed by atoms with Gasteiger partial charge >= 0.3 is 0 Å². The van der Waals surface area contributed by atoms with Crippen LogP contribution in [0, 0.1) is 6.92 Å². The molecule has 0 spiro atoms. The molecule has 19 heavy (non-hydrogen) atoms. The Hall–Kier alpha value is -0.800. The summed E-state index contributed by atoms with van der Waals surface area (Å²) in [6, 6.07) is 2.13. The Labute approximate surface area is 121 Å². The summed E-state index contributed by atoms with van der Waals surface area (Å²) in [6.45, 7) is 3.14. The Kier molecular flexibility index (Phi) is 4.36. The molecule has 2 rings (SSSR count). The summed E-state index contributed by atoms with van der Waals surface area (Å²) in [5.41, 5.74) is 2.62. The van der Waals surface area contributed by atoms with E-state index in [4.69, 9.17) is 11.6 Å². The summed E-state index contributed by atoms with van der Waals surface area (Å²) in [5, 5.41) is 0. The van der Waals surface area contributed by atoms with Gasteiger partial charge in [0.15, 0.2) is 0 Å². The molecule has 1 saturated carbocycles. The normalized spacial score (nSPS) is 17.4. The van der Waals surface area contributed by atoms with E-state index in [0.29, 0.717) is 11.4 Å². The zero-order valence-corrected chi connectivity index (χ0v) is 13.2. The summed E-state index contributed by atoms with van der Waals surface area (Å²) in [5.74, 6) is 1.60. The Bertz CT molecular complexity index is 441. The number of likely N-dealkylation sites (N-methyl/N-ethyl adjacent to an activating group) is 2. The molecule has 0 atom stereocenters. The average Bonchev–Trinajstić information content (AvgIpc) is 2.32. The highest BCUT2D eigenvalue weighted by Crippen LogP contribution is 2.37. The Morgan fingerprint density at radius 3 is 2.42 bits per heavy atom. The molecule has 0 unspecified atom stereocenters. The van der Waals surface area contributed by atoms with Gasteiger partial charge in [-0.2, -0.15) is 0 Å². The lowest BCUT2D eigenvalue weighted by Crippen LogP contribution is -2.57. The minimum Gasteiger partial charge on any atom is -0.358 e. The van der Waals surface area contributed by atoms with Gasteiger partial charge in [-0.15, -0.1) is 11.6 Å². The molecule has 1 heterocycles. The third-order valence-electron chi connectivity index (χ3n) is 4.39. The monoisotopic (exact) mass is 281 g/mol. The van der Waals surface area contributed by atoms with Gasteiger partial charge in [-0.1, -0.05) is 0 Å². The molecule has 0 aromatic carbocycles. The van der Waals surface area contributed by atoms with Crippen LogP contribution in [0.1, 0.15) is 30.4 Å². The predicted octanol–water partition coefficient (Wildman–Crippen LogP) is 3.05. The SMILES string of the molecule is Cc1cc(CCl)cnc1N(C)CC1(N(C)C)CCC1. The summed E-state index contributed by atoms with van der Waals surface area (Å²) < 4.78 is 0. The number of hydrogen-bond donors (Lipinski definition) is 0. The first-order chi connectivity index (χ1) is 8.98. The summed E-state index contributed by atoms with van der Waals surface area (Å²) in [7, 11) is 6.51. The zero-order valence-electron chi connectivity index (χ0n) is 12.4. The Morgan fingerprint density at radius 1 is 1.32 bits per heavy atom. The van der Waals surface area contributed by atoms with Crippen LogP contribution in [0.5, 0.6) is 0 Å². The fourth-order valence-electron chi connectivity index (χ4n) is 2.95. The molecule has 1 aromatic rings. The van der Waals surface area contributed by atoms with Crippen molar-refractivity contribution in [3.8, 4) is 0 Å². The molecule has 0 radical (unpaired) electrons. The van der Waals surface area contributed by atoms with Gasteiger partial charge in [-0.3, -0.25) is 0 Å². The van der Waals surface area contributed by atoms with E-state index in [9.17, 15) is 0 Å². The number of alkyl halides is 1. The van der Waals surface area contributed by atoms with Crippen LogP contribution < -0.4 is 4.90 Å². The molecular formula is C15H24ClN3. The summed E-state index contributed by atoms with van der Waals surface area (Å²) in [6.07, 6.45) is 5.78. The highest BCUT2D eigenvalue weighted by molar-refractivity contribution is 6.17. The fourth-order valence-corrected chi connectivity index (χ4v) is 3.09. The van der Waals surface area contributed by atoms with E-state index in [2.05, 4.69) is 48.9 Å². The minimum atomic E-state index is 0.327. The quantitative estimate of drug-likeness (QED) is 0.774. The molecule has 1 aliphatic carbocycles. The Morgan fingerprint density at radius 2 is 2.00 bits per heavy atom. The second-order valence-electron chi connectivity index (χ2n) is 5.95. The smallest absolute Gasteiger partial charge is 0.131 e. The maximum absolute atomic E-state index is 5.85. The van der Waals surface area contributed by atoms with E-state index in [1.54, 1.807) is 0 Å². The van der Waals surface area contributed by atoms with Crippen LogP contribution in [0.2, 0.25) is 0 Å². The number of halogens is 1. The van der Waals surface area contributed by atoms with Gasteiger partial charge in [-0.25, -0.2) is 4.98 Å². The molecule has 1 fully saturated rings. The second kappa shape index (κ2) is 5.68. The van der Waals surface area contributed by atoms with E-state index in [1.165, 1.54) is 24.8 Å². The van der Waals surface area contributed by atoms with Crippen LogP contribution in [-0.2, 0) is 5.88 Å². The third-order valence-corrected chi connectivity index (χ3v) is 4.70. The van der Waals surface area contributed by atoms with Crippen molar-refractivity contribution in [2.75, 3.05) is 32.6 Å². The van der Waals surface area contributed by atoms with E-state index < -0.39 is 0 Å². The number of hydrogen-bond acceptors (Lipinski definition) is 3. The van der Waals surface area contributed by atoms with Gasteiger partial charge in [0.05, 0.1) is 0 Å². The van der Waals surface area contributed by atoms with Crippen molar-refractivity contribution in [3.05, 3.63) is 23.4 Å². The topological polar surface area (TPSA) is 19.4 Å². The molecule has 106 valence electrons. The highest BCUT2D eigenvalue weighted by atomic mass is 35.5. The molecule has 0 aliphatic heterocycles. The lowest BCUT2D eigenvalue weighted by Gasteiger charge is -2.49. The average molecular weight is 282 g/mol. The molecule has 3 nitrogen and oxygen atoms in total. The Balaban J connectivity index is 2.13. The lowest BCUT2D eigenvalue weighted by molar-refractivity contribution is 0.0681. The van der Waals surface area contributed by atoms with Crippen molar-refractivity contribution in [1.82, 2.24) is 9.88 Å². The number of aromatic nitrogens is 1. The predicted molar refractivity (Wildman–Crippen MR) is 82.1 cm³/mol. The van der Waals surface area contributed by atoms with E-state index >= 15 is 0 Å². The highest BCUT2D eigenvalue weighted by Gasteiger charge is 2.40. The molecule has 0 saturated heterocycles. The summed E-state index contributed by atoms with van der Waals surface area (Å²) >= 11 is 5.85. The van der Waals surface area contributed by atoms with E-state index in [-0.39, 0.29) is 0 Å². The van der Waals surface area contributed by atoms with Crippen molar-refractivity contribution < 1.29 is 0 Å². The van der Waals surface area contributed by atoms with Crippen molar-refractivity contribution in [2.45, 2.75) is 37.6 Å². The van der Waals surface area contributed by atoms with Gasteiger partial charge in [0.1, 0.15) is 5.82 Å². The van der Waals surface area contributed by atoms with Crippen LogP contribution in [0.3, 0.4) is 0 Å². The summed E-state index contributed by atoms with van der Waals surface area (Å²) in [4.78, 5) is 9.23. The number of pyridine rings is 1. The van der Waals surface area contributed by atoms with Crippen molar-refractivity contribution >= 4 is 17.4 Å². The number of aryl methyl sites for hydroxylation is 1. The first-order valence-corrected chi connectivity index (χ1v) is 7.42. The van der Waals surface area contributed by atoms with Gasteiger partial charge < -0.3 is 9.80 Å². The van der Waals surface area contributed by atoms with Gasteiger partial charge in [0, 0.05) is 31.2 Å². The van der Waals surface area contributed by atoms with Crippen molar-refractivity contribution in [3.63, 3.8) is 0 Å². The number of anilines is 1.